The number of H-pyrrole nitrogens is 1. The summed E-state index contributed by atoms with van der Waals surface area (Å²) in [6.45, 7) is 0. The Bertz CT molecular complexity index is 733. The van der Waals surface area contributed by atoms with Crippen molar-refractivity contribution in [2.45, 2.75) is 0 Å². The van der Waals surface area contributed by atoms with Gasteiger partial charge in [-0.2, -0.15) is 4.68 Å². The second-order valence-corrected chi connectivity index (χ2v) is 3.86. The molecule has 0 spiro atoms. The Morgan fingerprint density at radius 1 is 1.32 bits per heavy atom. The van der Waals surface area contributed by atoms with E-state index in [2.05, 4.69) is 20.1 Å². The predicted molar refractivity (Wildman–Crippen MR) is 71.4 cm³/mol. The molecule has 19 heavy (non-hydrogen) atoms. The molecular formula is C10H8Cl2N6O. The molecule has 0 radical (unpaired) electrons. The molecule has 0 aliphatic rings. The standard InChI is InChI=1S/C10H7ClN6O.ClH/c11-8-3-9(14-5-13-8)17-10(18)7(4-15-17)16-2-1-12-6-16;/h1-6,15H;1H. The highest BCUT2D eigenvalue weighted by atomic mass is 35.5. The number of imidazole rings is 1. The first-order chi connectivity index (χ1) is 8.75. The van der Waals surface area contributed by atoms with Crippen LogP contribution in [0.4, 0.5) is 0 Å². The molecule has 9 heteroatoms. The van der Waals surface area contributed by atoms with Crippen LogP contribution in [0.5, 0.6) is 0 Å². The van der Waals surface area contributed by atoms with E-state index in [0.29, 0.717) is 11.5 Å². The molecule has 0 fully saturated rings. The number of hydrogen-bond acceptors (Lipinski definition) is 4. The number of halogens is 2. The van der Waals surface area contributed by atoms with Gasteiger partial charge >= 0.3 is 0 Å². The smallest absolute Gasteiger partial charge is 0.296 e. The molecule has 0 unspecified atom stereocenters. The highest BCUT2D eigenvalue weighted by Gasteiger charge is 2.10. The van der Waals surface area contributed by atoms with Crippen molar-refractivity contribution in [3.63, 3.8) is 0 Å². The quantitative estimate of drug-likeness (QED) is 0.721. The van der Waals surface area contributed by atoms with E-state index in [0.717, 1.165) is 0 Å². The lowest BCUT2D eigenvalue weighted by Gasteiger charge is -1.99. The third-order valence-corrected chi connectivity index (χ3v) is 2.59. The lowest BCUT2D eigenvalue weighted by Crippen LogP contribution is -2.18. The molecule has 0 aromatic carbocycles. The predicted octanol–water partition coefficient (Wildman–Crippen LogP) is 1.22. The molecule has 0 saturated carbocycles. The topological polar surface area (TPSA) is 81.4 Å². The average molecular weight is 299 g/mol. The summed E-state index contributed by atoms with van der Waals surface area (Å²) in [5.74, 6) is 0.381. The Hall–Kier alpha value is -2.12. The van der Waals surface area contributed by atoms with Crippen molar-refractivity contribution >= 4 is 24.0 Å². The summed E-state index contributed by atoms with van der Waals surface area (Å²) in [5, 5.41) is 3.08. The first-order valence-electron chi connectivity index (χ1n) is 5.02. The molecule has 1 N–H and O–H groups in total. The van der Waals surface area contributed by atoms with Crippen LogP contribution in [0.15, 0.2) is 42.1 Å². The van der Waals surface area contributed by atoms with Crippen molar-refractivity contribution in [3.8, 4) is 11.5 Å². The van der Waals surface area contributed by atoms with Gasteiger partial charge in [-0.05, 0) is 0 Å². The summed E-state index contributed by atoms with van der Waals surface area (Å²) in [4.78, 5) is 23.8. The Kier molecular flexibility index (Phi) is 3.68. The molecule has 98 valence electrons. The van der Waals surface area contributed by atoms with Crippen LogP contribution in [0.2, 0.25) is 5.15 Å². The molecule has 0 saturated heterocycles. The van der Waals surface area contributed by atoms with E-state index < -0.39 is 0 Å². The van der Waals surface area contributed by atoms with Crippen molar-refractivity contribution in [1.82, 2.24) is 29.3 Å². The SMILES string of the molecule is Cl.O=c1c(-n2ccnc2)c[nH]n1-c1cc(Cl)ncn1. The van der Waals surface area contributed by atoms with Gasteiger partial charge in [-0.15, -0.1) is 12.4 Å². The van der Waals surface area contributed by atoms with E-state index in [9.17, 15) is 4.79 Å². The van der Waals surface area contributed by atoms with E-state index in [4.69, 9.17) is 11.6 Å². The first kappa shape index (κ1) is 13.3. The number of aromatic nitrogens is 6. The van der Waals surface area contributed by atoms with Crippen molar-refractivity contribution in [1.29, 1.82) is 0 Å². The third-order valence-electron chi connectivity index (χ3n) is 2.38. The monoisotopic (exact) mass is 298 g/mol. The summed E-state index contributed by atoms with van der Waals surface area (Å²) < 4.78 is 2.89. The van der Waals surface area contributed by atoms with Gasteiger partial charge in [0.2, 0.25) is 0 Å². The van der Waals surface area contributed by atoms with Gasteiger partial charge in [-0.1, -0.05) is 11.6 Å². The number of rotatable bonds is 2. The summed E-state index contributed by atoms with van der Waals surface area (Å²) >= 11 is 5.76. The lowest BCUT2D eigenvalue weighted by atomic mass is 10.5. The van der Waals surface area contributed by atoms with E-state index in [1.165, 1.54) is 17.1 Å². The fraction of sp³-hybridized carbons (Fsp3) is 0. The van der Waals surface area contributed by atoms with Crippen molar-refractivity contribution in [2.75, 3.05) is 0 Å². The minimum atomic E-state index is -0.247. The fourth-order valence-electron chi connectivity index (χ4n) is 1.56. The van der Waals surface area contributed by atoms with Gasteiger partial charge in [-0.25, -0.2) is 15.0 Å². The van der Waals surface area contributed by atoms with Gasteiger partial charge in [0.15, 0.2) is 5.82 Å². The van der Waals surface area contributed by atoms with Crippen LogP contribution in [0.1, 0.15) is 0 Å². The number of nitrogens with zero attached hydrogens (tertiary/aromatic N) is 5. The fourth-order valence-corrected chi connectivity index (χ4v) is 1.71. The molecule has 7 nitrogen and oxygen atoms in total. The number of nitrogens with one attached hydrogen (secondary N) is 1. The molecule has 3 heterocycles. The molecule has 0 bridgehead atoms. The van der Waals surface area contributed by atoms with Gasteiger partial charge < -0.3 is 0 Å². The van der Waals surface area contributed by atoms with E-state index in [1.54, 1.807) is 29.5 Å². The molecule has 0 amide bonds. The van der Waals surface area contributed by atoms with Crippen molar-refractivity contribution in [2.24, 2.45) is 0 Å². The second-order valence-electron chi connectivity index (χ2n) is 3.47. The Balaban J connectivity index is 0.00000133. The average Bonchev–Trinajstić information content (AvgIpc) is 2.97. The second kappa shape index (κ2) is 5.25. The van der Waals surface area contributed by atoms with Crippen molar-refractivity contribution < 1.29 is 0 Å². The Morgan fingerprint density at radius 2 is 2.16 bits per heavy atom. The van der Waals surface area contributed by atoms with Crippen molar-refractivity contribution in [3.05, 3.63) is 52.8 Å². The van der Waals surface area contributed by atoms with Gasteiger partial charge in [0, 0.05) is 24.7 Å². The maximum absolute atomic E-state index is 12.2. The Morgan fingerprint density at radius 3 is 2.84 bits per heavy atom. The van der Waals surface area contributed by atoms with Crippen LogP contribution < -0.4 is 5.56 Å². The van der Waals surface area contributed by atoms with Crippen LogP contribution in [-0.2, 0) is 0 Å². The highest BCUT2D eigenvalue weighted by molar-refractivity contribution is 6.29. The van der Waals surface area contributed by atoms with Crippen LogP contribution in [0.25, 0.3) is 11.5 Å². The summed E-state index contributed by atoms with van der Waals surface area (Å²) in [6.07, 6.45) is 7.68. The zero-order chi connectivity index (χ0) is 12.5. The molecule has 3 rings (SSSR count). The van der Waals surface area contributed by atoms with Gasteiger partial charge in [0.1, 0.15) is 17.2 Å². The molecule has 0 aliphatic heterocycles. The Labute approximate surface area is 118 Å². The van der Waals surface area contributed by atoms with Gasteiger partial charge in [0.05, 0.1) is 6.33 Å². The minimum Gasteiger partial charge on any atom is -0.300 e. The van der Waals surface area contributed by atoms with E-state index in [-0.39, 0.29) is 23.1 Å². The van der Waals surface area contributed by atoms with E-state index >= 15 is 0 Å². The van der Waals surface area contributed by atoms with Crippen LogP contribution in [-0.4, -0.2) is 29.3 Å². The zero-order valence-electron chi connectivity index (χ0n) is 9.39. The van der Waals surface area contributed by atoms with Crippen LogP contribution in [0, 0.1) is 0 Å². The maximum Gasteiger partial charge on any atom is 0.296 e. The third kappa shape index (κ3) is 2.38. The number of hydrogen-bond donors (Lipinski definition) is 1. The number of aromatic amines is 1. The van der Waals surface area contributed by atoms with E-state index in [1.807, 2.05) is 0 Å². The molecule has 3 aromatic rings. The maximum atomic E-state index is 12.2. The van der Waals surface area contributed by atoms with Crippen LogP contribution in [0.3, 0.4) is 0 Å². The largest absolute Gasteiger partial charge is 0.300 e. The normalized spacial score (nSPS) is 10.2. The molecule has 0 atom stereocenters. The van der Waals surface area contributed by atoms with Gasteiger partial charge in [0.25, 0.3) is 5.56 Å². The zero-order valence-corrected chi connectivity index (χ0v) is 11.0. The summed E-state index contributed by atoms with van der Waals surface area (Å²) in [7, 11) is 0. The highest BCUT2D eigenvalue weighted by Crippen LogP contribution is 2.07. The minimum absolute atomic E-state index is 0. The molecule has 0 aliphatic carbocycles. The summed E-state index contributed by atoms with van der Waals surface area (Å²) in [5.41, 5.74) is 0.199. The molecular weight excluding hydrogens is 291 g/mol. The molecule has 3 aromatic heterocycles. The van der Waals surface area contributed by atoms with Crippen LogP contribution >= 0.6 is 24.0 Å². The lowest BCUT2D eigenvalue weighted by molar-refractivity contribution is 0.810. The summed E-state index contributed by atoms with van der Waals surface area (Å²) in [6, 6.07) is 1.50. The van der Waals surface area contributed by atoms with Gasteiger partial charge in [-0.3, -0.25) is 14.5 Å². The first-order valence-corrected chi connectivity index (χ1v) is 5.40.